The zero-order valence-corrected chi connectivity index (χ0v) is 19.8. The number of rotatable bonds is 9. The number of carbonyl (C=O) groups excluding carboxylic acids is 1. The normalized spacial score (nSPS) is 16.3. The molecule has 0 radical (unpaired) electrons. The van der Waals surface area contributed by atoms with E-state index in [1.807, 2.05) is 18.2 Å². The van der Waals surface area contributed by atoms with E-state index >= 15 is 0 Å². The van der Waals surface area contributed by atoms with Crippen molar-refractivity contribution in [2.24, 2.45) is 17.1 Å². The van der Waals surface area contributed by atoms with Crippen LogP contribution in [0.3, 0.4) is 0 Å². The Hall–Kier alpha value is -3.23. The summed E-state index contributed by atoms with van der Waals surface area (Å²) in [4.78, 5) is 36.2. The van der Waals surface area contributed by atoms with Gasteiger partial charge in [-0.1, -0.05) is 37.6 Å². The number of primary amides is 1. The maximum atomic E-state index is 12.5. The number of aromatic amines is 1. The van der Waals surface area contributed by atoms with Crippen LogP contribution < -0.4 is 16.0 Å². The molecular weight excluding hydrogens is 456 g/mol. The first kappa shape index (κ1) is 23.9. The van der Waals surface area contributed by atoms with E-state index in [4.69, 9.17) is 31.8 Å². The molecule has 4 rings (SSSR count). The van der Waals surface area contributed by atoms with E-state index < -0.39 is 11.8 Å². The van der Waals surface area contributed by atoms with Crippen molar-refractivity contribution in [3.63, 3.8) is 0 Å². The SMILES string of the molecule is CC(CC(c1ccc(Cl)cc1)c1nc(-c2ccc(OCC3(C)COC3)nc2)cc(=O)[nH]1)C(N)=O. The smallest absolute Gasteiger partial charge is 0.251 e. The summed E-state index contributed by atoms with van der Waals surface area (Å²) in [7, 11) is 0. The van der Waals surface area contributed by atoms with Crippen LogP contribution in [0.4, 0.5) is 0 Å². The molecule has 8 nitrogen and oxygen atoms in total. The number of hydrogen-bond donors (Lipinski definition) is 2. The number of nitrogens with one attached hydrogen (secondary N) is 1. The van der Waals surface area contributed by atoms with E-state index in [0.717, 1.165) is 5.56 Å². The molecule has 0 saturated carbocycles. The minimum Gasteiger partial charge on any atom is -0.477 e. The maximum Gasteiger partial charge on any atom is 0.251 e. The highest BCUT2D eigenvalue weighted by atomic mass is 35.5. The molecule has 0 spiro atoms. The molecular formula is C25H27ClN4O4. The number of nitrogens with two attached hydrogens (primary N) is 1. The summed E-state index contributed by atoms with van der Waals surface area (Å²) >= 11 is 6.05. The van der Waals surface area contributed by atoms with Crippen molar-refractivity contribution < 1.29 is 14.3 Å². The highest BCUT2D eigenvalue weighted by Gasteiger charge is 2.34. The van der Waals surface area contributed by atoms with Crippen molar-refractivity contribution in [1.82, 2.24) is 15.0 Å². The summed E-state index contributed by atoms with van der Waals surface area (Å²) in [5.74, 6) is -0.254. The molecule has 2 unspecified atom stereocenters. The van der Waals surface area contributed by atoms with Gasteiger partial charge in [0, 0.05) is 46.2 Å². The molecule has 1 fully saturated rings. The quantitative estimate of drug-likeness (QED) is 0.481. The fourth-order valence-electron chi connectivity index (χ4n) is 3.76. The lowest BCUT2D eigenvalue weighted by molar-refractivity contribution is -0.121. The first-order valence-electron chi connectivity index (χ1n) is 11.1. The maximum absolute atomic E-state index is 12.5. The summed E-state index contributed by atoms with van der Waals surface area (Å²) in [6.07, 6.45) is 2.01. The van der Waals surface area contributed by atoms with Gasteiger partial charge in [0.2, 0.25) is 11.8 Å². The van der Waals surface area contributed by atoms with Crippen LogP contribution in [0.2, 0.25) is 5.02 Å². The van der Waals surface area contributed by atoms with Crippen LogP contribution in [-0.4, -0.2) is 40.7 Å². The average Bonchev–Trinajstić information content (AvgIpc) is 2.80. The molecule has 178 valence electrons. The van der Waals surface area contributed by atoms with Crippen molar-refractivity contribution >= 4 is 17.5 Å². The molecule has 1 aliphatic rings. The summed E-state index contributed by atoms with van der Waals surface area (Å²) in [6, 6.07) is 12.2. The van der Waals surface area contributed by atoms with E-state index in [1.54, 1.807) is 31.3 Å². The molecule has 1 amide bonds. The molecule has 3 heterocycles. The molecule has 1 aromatic carbocycles. The van der Waals surface area contributed by atoms with Crippen molar-refractivity contribution in [3.8, 4) is 17.1 Å². The second-order valence-corrected chi connectivity index (χ2v) is 9.57. The lowest BCUT2D eigenvalue weighted by Gasteiger charge is -2.37. The average molecular weight is 483 g/mol. The first-order chi connectivity index (χ1) is 16.2. The Morgan fingerprint density at radius 1 is 1.26 bits per heavy atom. The number of pyridine rings is 1. The number of aromatic nitrogens is 3. The van der Waals surface area contributed by atoms with Crippen molar-refractivity contribution in [2.75, 3.05) is 19.8 Å². The van der Waals surface area contributed by atoms with E-state index in [1.165, 1.54) is 6.07 Å². The Bertz CT molecular complexity index is 1210. The number of amides is 1. The highest BCUT2D eigenvalue weighted by Crippen LogP contribution is 2.31. The fraction of sp³-hybridized carbons (Fsp3) is 0.360. The van der Waals surface area contributed by atoms with Gasteiger partial charge in [-0.3, -0.25) is 9.59 Å². The minimum absolute atomic E-state index is 0.0161. The topological polar surface area (TPSA) is 120 Å². The molecule has 1 saturated heterocycles. The number of hydrogen-bond acceptors (Lipinski definition) is 6. The van der Waals surface area contributed by atoms with Gasteiger partial charge in [0.05, 0.1) is 25.5 Å². The molecule has 9 heteroatoms. The Labute approximate surface area is 202 Å². The Morgan fingerprint density at radius 2 is 2.00 bits per heavy atom. The Morgan fingerprint density at radius 3 is 2.59 bits per heavy atom. The minimum atomic E-state index is -0.421. The predicted molar refractivity (Wildman–Crippen MR) is 129 cm³/mol. The third-order valence-electron chi connectivity index (χ3n) is 5.94. The van der Waals surface area contributed by atoms with Crippen molar-refractivity contribution in [3.05, 3.63) is 75.4 Å². The third kappa shape index (κ3) is 5.63. The van der Waals surface area contributed by atoms with Crippen molar-refractivity contribution in [1.29, 1.82) is 0 Å². The number of ether oxygens (including phenoxy) is 2. The molecule has 3 N–H and O–H groups in total. The molecule has 0 aliphatic carbocycles. The van der Waals surface area contributed by atoms with Crippen molar-refractivity contribution in [2.45, 2.75) is 26.2 Å². The van der Waals surface area contributed by atoms with E-state index in [9.17, 15) is 9.59 Å². The van der Waals surface area contributed by atoms with Gasteiger partial charge in [0.15, 0.2) is 0 Å². The number of halogens is 1. The predicted octanol–water partition coefficient (Wildman–Crippen LogP) is 3.54. The third-order valence-corrected chi connectivity index (χ3v) is 6.19. The molecule has 2 atom stereocenters. The number of carbonyl (C=O) groups is 1. The highest BCUT2D eigenvalue weighted by molar-refractivity contribution is 6.30. The van der Waals surface area contributed by atoms with Crippen LogP contribution in [0.1, 0.15) is 37.6 Å². The number of benzene rings is 1. The van der Waals surface area contributed by atoms with Gasteiger partial charge in [-0.15, -0.1) is 0 Å². The van der Waals surface area contributed by atoms with Crippen LogP contribution in [-0.2, 0) is 9.53 Å². The van der Waals surface area contributed by atoms with Crippen LogP contribution in [0.15, 0.2) is 53.5 Å². The fourth-order valence-corrected chi connectivity index (χ4v) is 3.88. The van der Waals surface area contributed by atoms with E-state index in [0.29, 0.717) is 54.2 Å². The van der Waals surface area contributed by atoms with Crippen LogP contribution in [0.5, 0.6) is 5.88 Å². The van der Waals surface area contributed by atoms with Gasteiger partial charge in [-0.05, 0) is 30.2 Å². The van der Waals surface area contributed by atoms with E-state index in [2.05, 4.69) is 16.9 Å². The lowest BCUT2D eigenvalue weighted by atomic mass is 9.88. The van der Waals surface area contributed by atoms with Gasteiger partial charge in [0.25, 0.3) is 5.56 Å². The molecule has 1 aliphatic heterocycles. The molecule has 2 aromatic heterocycles. The standard InChI is InChI=1S/C25H27ClN4O4/c1-15(23(27)32)9-19(16-3-6-18(26)7-4-16)24-29-20(10-21(31)30-24)17-5-8-22(28-11-17)34-14-25(2)12-33-13-25/h3-8,10-11,15,19H,9,12-14H2,1-2H3,(H2,27,32)(H,29,30,31). The zero-order chi connectivity index (χ0) is 24.3. The molecule has 3 aromatic rings. The van der Waals surface area contributed by atoms with Gasteiger partial charge in [-0.2, -0.15) is 0 Å². The Balaban J connectivity index is 1.61. The second kappa shape index (κ2) is 9.95. The number of H-pyrrole nitrogens is 1. The van der Waals surface area contributed by atoms with Gasteiger partial charge < -0.3 is 20.2 Å². The lowest BCUT2D eigenvalue weighted by Crippen LogP contribution is -2.44. The molecule has 0 bridgehead atoms. The summed E-state index contributed by atoms with van der Waals surface area (Å²) in [5.41, 5.74) is 7.25. The monoisotopic (exact) mass is 482 g/mol. The summed E-state index contributed by atoms with van der Waals surface area (Å²) in [5, 5.41) is 0.591. The van der Waals surface area contributed by atoms with E-state index in [-0.39, 0.29) is 16.9 Å². The van der Waals surface area contributed by atoms with Crippen LogP contribution in [0, 0.1) is 11.3 Å². The van der Waals surface area contributed by atoms with Gasteiger partial charge >= 0.3 is 0 Å². The summed E-state index contributed by atoms with van der Waals surface area (Å²) < 4.78 is 11.0. The molecule has 34 heavy (non-hydrogen) atoms. The van der Waals surface area contributed by atoms with Crippen LogP contribution >= 0.6 is 11.6 Å². The van der Waals surface area contributed by atoms with Gasteiger partial charge in [0.1, 0.15) is 5.82 Å². The second-order valence-electron chi connectivity index (χ2n) is 9.14. The van der Waals surface area contributed by atoms with Crippen LogP contribution in [0.25, 0.3) is 11.3 Å². The summed E-state index contributed by atoms with van der Waals surface area (Å²) in [6.45, 7) is 5.73. The largest absolute Gasteiger partial charge is 0.477 e. The first-order valence-corrected chi connectivity index (χ1v) is 11.4. The number of nitrogens with zero attached hydrogens (tertiary/aromatic N) is 2. The Kier molecular flexibility index (Phi) is 7.00. The zero-order valence-electron chi connectivity index (χ0n) is 19.1. The van der Waals surface area contributed by atoms with Gasteiger partial charge in [-0.25, -0.2) is 9.97 Å².